The number of hydrogen-bond acceptors (Lipinski definition) is 2. The number of hydrogen-bond donors (Lipinski definition) is 0. The Balaban J connectivity index is 2.19. The van der Waals surface area contributed by atoms with E-state index in [2.05, 4.69) is 4.99 Å². The SMILES string of the molecule is CCCOc1c(Cl)cc(C=Nc2ccc(C)cc2)cc1Cl. The predicted octanol–water partition coefficient (Wildman–Crippen LogP) is 5.84. The molecule has 0 aromatic heterocycles. The van der Waals surface area contributed by atoms with E-state index in [4.69, 9.17) is 27.9 Å². The van der Waals surface area contributed by atoms with Crippen LogP contribution in [0.1, 0.15) is 24.5 Å². The minimum Gasteiger partial charge on any atom is -0.490 e. The van der Waals surface area contributed by atoms with Gasteiger partial charge in [-0.1, -0.05) is 47.8 Å². The van der Waals surface area contributed by atoms with Crippen LogP contribution in [-0.2, 0) is 0 Å². The number of ether oxygens (including phenoxy) is 1. The van der Waals surface area contributed by atoms with Crippen LogP contribution in [0.3, 0.4) is 0 Å². The summed E-state index contributed by atoms with van der Waals surface area (Å²) in [6.45, 7) is 4.67. The van der Waals surface area contributed by atoms with E-state index >= 15 is 0 Å². The second-order valence-corrected chi connectivity index (χ2v) is 5.57. The average Bonchev–Trinajstić information content (AvgIpc) is 2.46. The van der Waals surface area contributed by atoms with Crippen molar-refractivity contribution >= 4 is 35.1 Å². The van der Waals surface area contributed by atoms with Gasteiger partial charge in [0.2, 0.25) is 0 Å². The summed E-state index contributed by atoms with van der Waals surface area (Å²) in [5, 5.41) is 1.00. The molecule has 0 N–H and O–H groups in total. The van der Waals surface area contributed by atoms with E-state index in [0.717, 1.165) is 17.7 Å². The highest BCUT2D eigenvalue weighted by molar-refractivity contribution is 6.37. The highest BCUT2D eigenvalue weighted by Gasteiger charge is 2.08. The summed E-state index contributed by atoms with van der Waals surface area (Å²) < 4.78 is 5.54. The van der Waals surface area contributed by atoms with Gasteiger partial charge in [0.05, 0.1) is 22.3 Å². The van der Waals surface area contributed by atoms with Crippen molar-refractivity contribution in [2.24, 2.45) is 4.99 Å². The number of aryl methyl sites for hydroxylation is 1. The molecule has 0 amide bonds. The third-order valence-electron chi connectivity index (χ3n) is 2.87. The van der Waals surface area contributed by atoms with Crippen LogP contribution in [0.5, 0.6) is 5.75 Å². The summed E-state index contributed by atoms with van der Waals surface area (Å²) in [4.78, 5) is 4.41. The molecule has 2 rings (SSSR count). The van der Waals surface area contributed by atoms with Crippen LogP contribution in [0, 0.1) is 6.92 Å². The number of benzene rings is 2. The standard InChI is InChI=1S/C17H17Cl2NO/c1-3-8-21-17-15(18)9-13(10-16(17)19)11-20-14-6-4-12(2)5-7-14/h4-7,9-11H,3,8H2,1-2H3. The van der Waals surface area contributed by atoms with E-state index in [0.29, 0.717) is 22.4 Å². The van der Waals surface area contributed by atoms with Crippen LogP contribution in [0.4, 0.5) is 5.69 Å². The quantitative estimate of drug-likeness (QED) is 0.634. The first-order chi connectivity index (χ1) is 10.1. The Morgan fingerprint density at radius 3 is 2.29 bits per heavy atom. The van der Waals surface area contributed by atoms with Gasteiger partial charge in [-0.05, 0) is 43.2 Å². The molecule has 0 unspecified atom stereocenters. The summed E-state index contributed by atoms with van der Waals surface area (Å²) >= 11 is 12.4. The molecule has 0 spiro atoms. The lowest BCUT2D eigenvalue weighted by Crippen LogP contribution is -1.97. The Morgan fingerprint density at radius 1 is 1.10 bits per heavy atom. The zero-order valence-corrected chi connectivity index (χ0v) is 13.6. The van der Waals surface area contributed by atoms with Crippen molar-refractivity contribution in [3.8, 4) is 5.75 Å². The molecule has 0 heterocycles. The summed E-state index contributed by atoms with van der Waals surface area (Å²) in [5.74, 6) is 0.535. The Bertz CT molecular complexity index is 613. The molecule has 0 aliphatic rings. The maximum absolute atomic E-state index is 6.20. The minimum atomic E-state index is 0.501. The van der Waals surface area contributed by atoms with E-state index < -0.39 is 0 Å². The maximum Gasteiger partial charge on any atom is 0.156 e. The van der Waals surface area contributed by atoms with Crippen LogP contribution < -0.4 is 4.74 Å². The molecule has 0 aliphatic heterocycles. The molecule has 4 heteroatoms. The molecule has 0 aliphatic carbocycles. The van der Waals surface area contributed by atoms with Crippen molar-refractivity contribution in [3.05, 3.63) is 57.6 Å². The van der Waals surface area contributed by atoms with E-state index in [-0.39, 0.29) is 0 Å². The number of rotatable bonds is 5. The summed E-state index contributed by atoms with van der Waals surface area (Å²) in [6, 6.07) is 11.6. The topological polar surface area (TPSA) is 21.6 Å². The lowest BCUT2D eigenvalue weighted by atomic mass is 10.2. The van der Waals surface area contributed by atoms with Crippen LogP contribution >= 0.6 is 23.2 Å². The average molecular weight is 322 g/mol. The molecular weight excluding hydrogens is 305 g/mol. The highest BCUT2D eigenvalue weighted by atomic mass is 35.5. The van der Waals surface area contributed by atoms with Gasteiger partial charge >= 0.3 is 0 Å². The Hall–Kier alpha value is -1.51. The van der Waals surface area contributed by atoms with Crippen LogP contribution in [0.2, 0.25) is 10.0 Å². The molecule has 21 heavy (non-hydrogen) atoms. The van der Waals surface area contributed by atoms with Crippen molar-refractivity contribution in [2.45, 2.75) is 20.3 Å². The van der Waals surface area contributed by atoms with Crippen molar-refractivity contribution in [3.63, 3.8) is 0 Å². The van der Waals surface area contributed by atoms with E-state index in [9.17, 15) is 0 Å². The van der Waals surface area contributed by atoms with E-state index in [1.807, 2.05) is 38.1 Å². The van der Waals surface area contributed by atoms with Gasteiger partial charge in [0.15, 0.2) is 5.75 Å². The van der Waals surface area contributed by atoms with E-state index in [1.54, 1.807) is 18.3 Å². The fourth-order valence-electron chi connectivity index (χ4n) is 1.78. The second-order valence-electron chi connectivity index (χ2n) is 4.76. The predicted molar refractivity (Wildman–Crippen MR) is 90.7 cm³/mol. The normalized spacial score (nSPS) is 11.0. The first kappa shape index (κ1) is 15.9. The third-order valence-corrected chi connectivity index (χ3v) is 3.43. The van der Waals surface area contributed by atoms with Crippen LogP contribution in [0.15, 0.2) is 41.4 Å². The molecule has 0 fully saturated rings. The van der Waals surface area contributed by atoms with Gasteiger partial charge in [0, 0.05) is 6.21 Å². The molecule has 0 saturated carbocycles. The van der Waals surface area contributed by atoms with Gasteiger partial charge in [-0.15, -0.1) is 0 Å². The smallest absolute Gasteiger partial charge is 0.156 e. The number of nitrogens with zero attached hydrogens (tertiary/aromatic N) is 1. The van der Waals surface area contributed by atoms with Gasteiger partial charge in [0.1, 0.15) is 0 Å². The van der Waals surface area contributed by atoms with Gasteiger partial charge < -0.3 is 4.74 Å². The van der Waals surface area contributed by atoms with Gasteiger partial charge in [-0.2, -0.15) is 0 Å². The summed E-state index contributed by atoms with van der Waals surface area (Å²) in [7, 11) is 0. The molecule has 2 aromatic rings. The monoisotopic (exact) mass is 321 g/mol. The minimum absolute atomic E-state index is 0.501. The molecule has 110 valence electrons. The highest BCUT2D eigenvalue weighted by Crippen LogP contribution is 2.34. The third kappa shape index (κ3) is 4.48. The van der Waals surface area contributed by atoms with Gasteiger partial charge in [0.25, 0.3) is 0 Å². The number of aliphatic imine (C=N–C) groups is 1. The fourth-order valence-corrected chi connectivity index (χ4v) is 2.39. The molecule has 2 nitrogen and oxygen atoms in total. The van der Waals surface area contributed by atoms with E-state index in [1.165, 1.54) is 5.56 Å². The van der Waals surface area contributed by atoms with Crippen molar-refractivity contribution < 1.29 is 4.74 Å². The fraction of sp³-hybridized carbons (Fsp3) is 0.235. The first-order valence-corrected chi connectivity index (χ1v) is 7.58. The van der Waals surface area contributed by atoms with Crippen LogP contribution in [-0.4, -0.2) is 12.8 Å². The second kappa shape index (κ2) is 7.48. The zero-order chi connectivity index (χ0) is 15.2. The molecule has 0 atom stereocenters. The Labute approximate surface area is 135 Å². The molecular formula is C17H17Cl2NO. The Morgan fingerprint density at radius 2 is 1.71 bits per heavy atom. The zero-order valence-electron chi connectivity index (χ0n) is 12.1. The largest absolute Gasteiger partial charge is 0.490 e. The lowest BCUT2D eigenvalue weighted by molar-refractivity contribution is 0.318. The lowest BCUT2D eigenvalue weighted by Gasteiger charge is -2.09. The Kier molecular flexibility index (Phi) is 5.66. The van der Waals surface area contributed by atoms with Gasteiger partial charge in [-0.3, -0.25) is 4.99 Å². The summed E-state index contributed by atoms with van der Waals surface area (Å²) in [6.07, 6.45) is 2.65. The first-order valence-electron chi connectivity index (χ1n) is 6.82. The molecule has 0 bridgehead atoms. The number of halogens is 2. The van der Waals surface area contributed by atoms with Gasteiger partial charge in [-0.25, -0.2) is 0 Å². The van der Waals surface area contributed by atoms with Crippen LogP contribution in [0.25, 0.3) is 0 Å². The maximum atomic E-state index is 6.20. The molecule has 0 radical (unpaired) electrons. The van der Waals surface area contributed by atoms with Crippen molar-refractivity contribution in [2.75, 3.05) is 6.61 Å². The summed E-state index contributed by atoms with van der Waals surface area (Å²) in [5.41, 5.74) is 2.94. The van der Waals surface area contributed by atoms with Crippen molar-refractivity contribution in [1.82, 2.24) is 0 Å². The molecule has 0 saturated heterocycles. The molecule has 2 aromatic carbocycles. The van der Waals surface area contributed by atoms with Crippen molar-refractivity contribution in [1.29, 1.82) is 0 Å².